The molecule has 1 N–H and O–H groups in total. The largest absolute Gasteiger partial charge is 0.489 e. The molecule has 0 spiro atoms. The zero-order valence-electron chi connectivity index (χ0n) is 11.9. The predicted octanol–water partition coefficient (Wildman–Crippen LogP) is 2.39. The van der Waals surface area contributed by atoms with Crippen molar-refractivity contribution in [1.82, 2.24) is 5.32 Å². The predicted molar refractivity (Wildman–Crippen MR) is 75.2 cm³/mol. The summed E-state index contributed by atoms with van der Waals surface area (Å²) < 4.78 is 10.3. The minimum absolute atomic E-state index is 0.318. The molecular formula is C15H23NO3. The summed E-state index contributed by atoms with van der Waals surface area (Å²) in [6.07, 6.45) is 1.49. The van der Waals surface area contributed by atoms with Crippen molar-refractivity contribution in [1.29, 1.82) is 0 Å². The maximum absolute atomic E-state index is 9.60. The number of nitrogens with one attached hydrogen (secondary N) is 1. The molecule has 1 aliphatic heterocycles. The molecule has 4 nitrogen and oxygen atoms in total. The smallest absolute Gasteiger partial charge is 0.293 e. The van der Waals surface area contributed by atoms with Gasteiger partial charge in [-0.3, -0.25) is 4.79 Å². The lowest BCUT2D eigenvalue weighted by atomic mass is 10.2. The molecule has 1 atom stereocenters. The van der Waals surface area contributed by atoms with Gasteiger partial charge in [0.15, 0.2) is 0 Å². The van der Waals surface area contributed by atoms with Crippen LogP contribution in [0.2, 0.25) is 0 Å². The van der Waals surface area contributed by atoms with Crippen LogP contribution in [0.5, 0.6) is 5.75 Å². The van der Waals surface area contributed by atoms with Gasteiger partial charge in [-0.05, 0) is 45.9 Å². The van der Waals surface area contributed by atoms with Crippen LogP contribution in [0, 0.1) is 0 Å². The summed E-state index contributed by atoms with van der Waals surface area (Å²) in [5, 5.41) is 3.27. The minimum atomic E-state index is -0.318. The lowest BCUT2D eigenvalue weighted by Crippen LogP contribution is -2.19. The van der Waals surface area contributed by atoms with Crippen molar-refractivity contribution in [2.45, 2.75) is 38.9 Å². The van der Waals surface area contributed by atoms with Crippen LogP contribution in [0.4, 0.5) is 0 Å². The molecule has 1 aliphatic rings. The zero-order valence-corrected chi connectivity index (χ0v) is 11.9. The first-order chi connectivity index (χ1) is 9.01. The molecule has 1 aromatic rings. The fraction of sp³-hybridized carbons (Fsp3) is 0.533. The average Bonchev–Trinajstić information content (AvgIpc) is 2.82. The lowest BCUT2D eigenvalue weighted by molar-refractivity contribution is -0.138. The van der Waals surface area contributed by atoms with Crippen molar-refractivity contribution in [3.63, 3.8) is 0 Å². The van der Waals surface area contributed by atoms with Gasteiger partial charge in [0.2, 0.25) is 0 Å². The Morgan fingerprint density at radius 2 is 1.95 bits per heavy atom. The number of carbonyl (C=O) groups is 1. The standard InChI is InChI=1S/C10H13NO.C5H10O2/c1-2-4-9(5-3-1)12-10-6-7-11-8-10;1-5(2,3)7-4-6/h1-5,10-11H,6-8H2;4H,1-3H3/t10-;/m1./s1. The molecule has 0 saturated carbocycles. The first kappa shape index (κ1) is 15.5. The number of ether oxygens (including phenoxy) is 2. The van der Waals surface area contributed by atoms with E-state index in [9.17, 15) is 4.79 Å². The highest BCUT2D eigenvalue weighted by Crippen LogP contribution is 2.13. The number of benzene rings is 1. The van der Waals surface area contributed by atoms with Gasteiger partial charge in [-0.2, -0.15) is 0 Å². The molecule has 2 rings (SSSR count). The van der Waals surface area contributed by atoms with Gasteiger partial charge in [-0.25, -0.2) is 0 Å². The molecular weight excluding hydrogens is 242 g/mol. The number of hydrogen-bond acceptors (Lipinski definition) is 4. The highest BCUT2D eigenvalue weighted by Gasteiger charge is 2.15. The Hall–Kier alpha value is -1.55. The van der Waals surface area contributed by atoms with Crippen molar-refractivity contribution < 1.29 is 14.3 Å². The lowest BCUT2D eigenvalue weighted by Gasteiger charge is -2.14. The van der Waals surface area contributed by atoms with Crippen LogP contribution >= 0.6 is 0 Å². The SMILES string of the molecule is CC(C)(C)OC=O.c1ccc(O[C@@H]2CCNC2)cc1. The third-order valence-electron chi connectivity index (χ3n) is 2.46. The van der Waals surface area contributed by atoms with Crippen LogP contribution in [0.25, 0.3) is 0 Å². The molecule has 1 heterocycles. The second kappa shape index (κ2) is 7.79. The third kappa shape index (κ3) is 7.47. The highest BCUT2D eigenvalue weighted by molar-refractivity contribution is 5.37. The van der Waals surface area contributed by atoms with Gasteiger partial charge in [0, 0.05) is 6.54 Å². The summed E-state index contributed by atoms with van der Waals surface area (Å²) >= 11 is 0. The maximum Gasteiger partial charge on any atom is 0.293 e. The maximum atomic E-state index is 9.60. The molecule has 0 amide bonds. The summed E-state index contributed by atoms with van der Waals surface area (Å²) in [4.78, 5) is 9.60. The summed E-state index contributed by atoms with van der Waals surface area (Å²) in [5.74, 6) is 0.978. The van der Waals surface area contributed by atoms with Crippen molar-refractivity contribution in [3.8, 4) is 5.75 Å². The topological polar surface area (TPSA) is 47.6 Å². The van der Waals surface area contributed by atoms with E-state index < -0.39 is 0 Å². The van der Waals surface area contributed by atoms with Crippen LogP contribution in [0.15, 0.2) is 30.3 Å². The van der Waals surface area contributed by atoms with Gasteiger partial charge in [0.05, 0.1) is 0 Å². The molecule has 106 valence electrons. The van der Waals surface area contributed by atoms with Gasteiger partial charge < -0.3 is 14.8 Å². The van der Waals surface area contributed by atoms with E-state index in [0.717, 1.165) is 25.3 Å². The van der Waals surface area contributed by atoms with Crippen molar-refractivity contribution in [2.24, 2.45) is 0 Å². The quantitative estimate of drug-likeness (QED) is 0.852. The zero-order chi connectivity index (χ0) is 14.1. The van der Waals surface area contributed by atoms with E-state index in [2.05, 4.69) is 10.1 Å². The Morgan fingerprint density at radius 1 is 1.26 bits per heavy atom. The fourth-order valence-corrected chi connectivity index (χ4v) is 1.56. The summed E-state index contributed by atoms with van der Waals surface area (Å²) in [7, 11) is 0. The summed E-state index contributed by atoms with van der Waals surface area (Å²) in [5.41, 5.74) is -0.318. The van der Waals surface area contributed by atoms with Crippen LogP contribution in [-0.4, -0.2) is 31.3 Å². The molecule has 1 aromatic carbocycles. The normalized spacial score (nSPS) is 18.2. The monoisotopic (exact) mass is 265 g/mol. The molecule has 4 heteroatoms. The van der Waals surface area contributed by atoms with E-state index in [0.29, 0.717) is 12.6 Å². The minimum Gasteiger partial charge on any atom is -0.489 e. The van der Waals surface area contributed by atoms with Gasteiger partial charge in [-0.15, -0.1) is 0 Å². The van der Waals surface area contributed by atoms with Crippen molar-refractivity contribution in [2.75, 3.05) is 13.1 Å². The summed E-state index contributed by atoms with van der Waals surface area (Å²) in [6.45, 7) is 7.98. The molecule has 0 unspecified atom stereocenters. The molecule has 0 aromatic heterocycles. The van der Waals surface area contributed by atoms with E-state index in [-0.39, 0.29) is 5.60 Å². The second-order valence-corrected chi connectivity index (χ2v) is 5.37. The van der Waals surface area contributed by atoms with Crippen molar-refractivity contribution >= 4 is 6.47 Å². The highest BCUT2D eigenvalue weighted by atomic mass is 16.5. The third-order valence-corrected chi connectivity index (χ3v) is 2.46. The van der Waals surface area contributed by atoms with E-state index in [4.69, 9.17) is 4.74 Å². The van der Waals surface area contributed by atoms with Gasteiger partial charge >= 0.3 is 0 Å². The van der Waals surface area contributed by atoms with E-state index in [1.807, 2.05) is 51.1 Å². The average molecular weight is 265 g/mol. The van der Waals surface area contributed by atoms with E-state index in [1.165, 1.54) is 0 Å². The Labute approximate surface area is 115 Å². The van der Waals surface area contributed by atoms with E-state index >= 15 is 0 Å². The molecule has 0 aliphatic carbocycles. The first-order valence-electron chi connectivity index (χ1n) is 6.55. The molecule has 1 saturated heterocycles. The molecule has 0 bridgehead atoms. The number of hydrogen-bond donors (Lipinski definition) is 1. The Morgan fingerprint density at radius 3 is 2.37 bits per heavy atom. The van der Waals surface area contributed by atoms with Crippen molar-refractivity contribution in [3.05, 3.63) is 30.3 Å². The molecule has 19 heavy (non-hydrogen) atoms. The second-order valence-electron chi connectivity index (χ2n) is 5.37. The van der Waals surface area contributed by atoms with Crippen LogP contribution in [0.1, 0.15) is 27.2 Å². The first-order valence-corrected chi connectivity index (χ1v) is 6.55. The van der Waals surface area contributed by atoms with E-state index in [1.54, 1.807) is 0 Å². The number of rotatable bonds is 3. The van der Waals surface area contributed by atoms with Gasteiger partial charge in [0.1, 0.15) is 17.5 Å². The van der Waals surface area contributed by atoms with Gasteiger partial charge in [-0.1, -0.05) is 18.2 Å². The number of para-hydroxylation sites is 1. The van der Waals surface area contributed by atoms with Crippen LogP contribution < -0.4 is 10.1 Å². The Kier molecular flexibility index (Phi) is 6.36. The molecule has 0 radical (unpaired) electrons. The summed E-state index contributed by atoms with van der Waals surface area (Å²) in [6, 6.07) is 9.99. The van der Waals surface area contributed by atoms with Crippen LogP contribution in [0.3, 0.4) is 0 Å². The Balaban J connectivity index is 0.000000224. The Bertz CT molecular complexity index is 353. The van der Waals surface area contributed by atoms with Crippen LogP contribution in [-0.2, 0) is 9.53 Å². The fourth-order valence-electron chi connectivity index (χ4n) is 1.56. The van der Waals surface area contributed by atoms with Gasteiger partial charge in [0.25, 0.3) is 6.47 Å². The number of carbonyl (C=O) groups excluding carboxylic acids is 1. The molecule has 1 fully saturated rings.